The van der Waals surface area contributed by atoms with Gasteiger partial charge in [-0.25, -0.2) is 0 Å². The van der Waals surface area contributed by atoms with Gasteiger partial charge >= 0.3 is 30.7 Å². The summed E-state index contributed by atoms with van der Waals surface area (Å²) >= 11 is 0. The van der Waals surface area contributed by atoms with Crippen LogP contribution in [0.3, 0.4) is 0 Å². The predicted molar refractivity (Wildman–Crippen MR) is 123 cm³/mol. The molecule has 11 heteroatoms. The minimum Gasteiger partial charge on any atom is -0.454 e. The molecule has 4 aliphatic rings. The van der Waals surface area contributed by atoms with Gasteiger partial charge in [0.2, 0.25) is 0 Å². The topological polar surface area (TPSA) is 141 Å². The average molecular weight is 517 g/mol. The first kappa shape index (κ1) is 25.5. The molecule has 4 rings (SSSR count). The smallest absolute Gasteiger partial charge is 0.413 e. The summed E-state index contributed by atoms with van der Waals surface area (Å²) in [5.74, 6) is 1.34. The van der Waals surface area contributed by atoms with Crippen LogP contribution in [0.4, 0.5) is 4.79 Å². The summed E-state index contributed by atoms with van der Waals surface area (Å²) in [6.45, 7) is 3.97. The molecule has 0 saturated heterocycles. The Balaban J connectivity index is 1.34. The highest BCUT2D eigenvalue weighted by molar-refractivity contribution is 8.27. The lowest BCUT2D eigenvalue weighted by Crippen LogP contribution is -2.48. The molecule has 0 aliphatic heterocycles. The molecule has 0 aromatic heterocycles. The molecule has 34 heavy (non-hydrogen) atoms. The predicted octanol–water partition coefficient (Wildman–Crippen LogP) is 3.77. The van der Waals surface area contributed by atoms with E-state index in [9.17, 15) is 26.4 Å². The number of ether oxygens (including phenoxy) is 1. The van der Waals surface area contributed by atoms with Crippen molar-refractivity contribution in [2.24, 2.45) is 28.6 Å². The van der Waals surface area contributed by atoms with Crippen LogP contribution >= 0.6 is 0 Å². The van der Waals surface area contributed by atoms with E-state index in [4.69, 9.17) is 9.29 Å². The van der Waals surface area contributed by atoms with E-state index in [1.54, 1.807) is 0 Å². The normalized spacial score (nSPS) is 37.2. The molecule has 0 spiro atoms. The van der Waals surface area contributed by atoms with Crippen LogP contribution in [0, 0.1) is 28.6 Å². The Morgan fingerprint density at radius 3 is 2.53 bits per heavy atom. The number of carbonyl (C=O) groups excluding carboxylic acids is 2. The van der Waals surface area contributed by atoms with Crippen LogP contribution in [0.25, 0.3) is 0 Å². The Labute approximate surface area is 200 Å². The van der Waals surface area contributed by atoms with Gasteiger partial charge in [0.15, 0.2) is 0 Å². The Kier molecular flexibility index (Phi) is 6.63. The number of esters is 1. The summed E-state index contributed by atoms with van der Waals surface area (Å²) in [5, 5.41) is 0. The highest BCUT2D eigenvalue weighted by Crippen LogP contribution is 2.64. The molecule has 0 radical (unpaired) electrons. The van der Waals surface area contributed by atoms with E-state index in [2.05, 4.69) is 24.1 Å². The number of allylic oxidation sites excluding steroid dienone is 2. The van der Waals surface area contributed by atoms with E-state index in [0.29, 0.717) is 11.3 Å². The van der Waals surface area contributed by atoms with Gasteiger partial charge < -0.3 is 4.74 Å². The third kappa shape index (κ3) is 4.64. The van der Waals surface area contributed by atoms with Crippen LogP contribution in [0.1, 0.15) is 65.2 Å². The van der Waals surface area contributed by atoms with E-state index in [-0.39, 0.29) is 5.41 Å². The number of hydrogen-bond acceptors (Lipinski definition) is 8. The summed E-state index contributed by atoms with van der Waals surface area (Å²) in [5.41, 5.74) is 1.70. The summed E-state index contributed by atoms with van der Waals surface area (Å²) in [4.78, 5) is 23.3. The van der Waals surface area contributed by atoms with Gasteiger partial charge in [-0.1, -0.05) is 31.9 Å². The minimum absolute atomic E-state index is 0.0525. The highest BCUT2D eigenvalue weighted by atomic mass is 32.3. The van der Waals surface area contributed by atoms with Gasteiger partial charge in [-0.15, -0.1) is 0 Å². The van der Waals surface area contributed by atoms with Gasteiger partial charge in [0.05, 0.1) is 13.0 Å². The van der Waals surface area contributed by atoms with Gasteiger partial charge in [0, 0.05) is 5.41 Å². The van der Waals surface area contributed by atoms with E-state index in [1.807, 2.05) is 12.2 Å². The second-order valence-electron chi connectivity index (χ2n) is 10.5. The number of hydrogen-bond donors (Lipinski definition) is 1. The van der Waals surface area contributed by atoms with Crippen molar-refractivity contribution < 1.29 is 39.9 Å². The van der Waals surface area contributed by atoms with Crippen molar-refractivity contribution in [2.45, 2.75) is 71.3 Å². The molecule has 6 atom stereocenters. The standard InChI is InChI=1S/C23H32O9S2/c1-22-10-3-4-18(22)17-6-5-15-14-16(7-12-23(15,2)19(17)8-11-22)32-20(24)9-13-31-34(29,30)21(25)33(26,27)28/h7,12,14,16-19H,3-6,8-11,13H2,1-2H3,(H,26,27,28)/t16?,17-,18-,19-,22-,23-/m0/s1. The zero-order valence-corrected chi connectivity index (χ0v) is 21.1. The number of fused-ring (bicyclic) bond motifs is 5. The van der Waals surface area contributed by atoms with Gasteiger partial charge in [0.25, 0.3) is 0 Å². The van der Waals surface area contributed by atoms with Crippen LogP contribution in [0.15, 0.2) is 23.8 Å². The van der Waals surface area contributed by atoms with Crippen LogP contribution in [-0.2, 0) is 34.0 Å². The van der Waals surface area contributed by atoms with Gasteiger partial charge in [0.1, 0.15) is 6.10 Å². The average Bonchev–Trinajstić information content (AvgIpc) is 3.14. The quantitative estimate of drug-likeness (QED) is 0.250. The number of rotatable bonds is 5. The fraction of sp³-hybridized carbons (Fsp3) is 0.739. The van der Waals surface area contributed by atoms with Crippen molar-refractivity contribution in [2.75, 3.05) is 6.61 Å². The fourth-order valence-corrected chi connectivity index (χ4v) is 8.57. The van der Waals surface area contributed by atoms with E-state index < -0.39 is 49.8 Å². The molecular weight excluding hydrogens is 484 g/mol. The molecule has 3 fully saturated rings. The first-order chi connectivity index (χ1) is 15.8. The molecule has 0 bridgehead atoms. The molecule has 0 heterocycles. The van der Waals surface area contributed by atoms with Crippen molar-refractivity contribution in [1.82, 2.24) is 0 Å². The second kappa shape index (κ2) is 8.83. The lowest BCUT2D eigenvalue weighted by molar-refractivity contribution is -0.145. The van der Waals surface area contributed by atoms with Crippen LogP contribution < -0.4 is 0 Å². The van der Waals surface area contributed by atoms with Gasteiger partial charge in [-0.2, -0.15) is 16.8 Å². The Morgan fingerprint density at radius 1 is 1.09 bits per heavy atom. The zero-order valence-electron chi connectivity index (χ0n) is 19.4. The molecule has 190 valence electrons. The van der Waals surface area contributed by atoms with Crippen LogP contribution in [0.2, 0.25) is 0 Å². The van der Waals surface area contributed by atoms with Crippen LogP contribution in [-0.4, -0.2) is 44.5 Å². The third-order valence-electron chi connectivity index (χ3n) is 8.65. The molecule has 0 aromatic carbocycles. The van der Waals surface area contributed by atoms with Gasteiger partial charge in [-0.3, -0.25) is 18.3 Å². The van der Waals surface area contributed by atoms with Crippen molar-refractivity contribution in [3.63, 3.8) is 0 Å². The summed E-state index contributed by atoms with van der Waals surface area (Å²) in [6.07, 6.45) is 13.5. The Bertz CT molecular complexity index is 1140. The fourth-order valence-electron chi connectivity index (χ4n) is 7.00. The zero-order chi connectivity index (χ0) is 24.9. The van der Waals surface area contributed by atoms with Crippen molar-refractivity contribution in [3.8, 4) is 0 Å². The van der Waals surface area contributed by atoms with E-state index >= 15 is 0 Å². The van der Waals surface area contributed by atoms with Crippen molar-refractivity contribution in [1.29, 1.82) is 0 Å². The highest BCUT2D eigenvalue weighted by Gasteiger charge is 2.55. The summed E-state index contributed by atoms with van der Waals surface area (Å²) in [7, 11) is -10.7. The largest absolute Gasteiger partial charge is 0.454 e. The monoisotopic (exact) mass is 516 g/mol. The first-order valence-corrected chi connectivity index (χ1v) is 14.6. The SMILES string of the molecule is C[C@@]12CCC[C@H]1[C@@H]1CCC3=CC(OC(=O)CCOS(=O)(=O)C(=O)S(=O)(=O)O)C=C[C@]3(C)[C@H]1CC2. The molecule has 3 saturated carbocycles. The Morgan fingerprint density at radius 2 is 1.82 bits per heavy atom. The van der Waals surface area contributed by atoms with E-state index in [0.717, 1.165) is 24.7 Å². The lowest BCUT2D eigenvalue weighted by Gasteiger charge is -2.56. The summed E-state index contributed by atoms with van der Waals surface area (Å²) in [6, 6.07) is 0. The maximum Gasteiger partial charge on any atom is 0.413 e. The number of carbonyl (C=O) groups is 2. The maximum atomic E-state index is 12.2. The first-order valence-electron chi connectivity index (χ1n) is 11.8. The van der Waals surface area contributed by atoms with Crippen molar-refractivity contribution >= 4 is 30.7 Å². The molecule has 9 nitrogen and oxygen atoms in total. The Hall–Kier alpha value is -1.56. The molecule has 0 amide bonds. The van der Waals surface area contributed by atoms with Crippen molar-refractivity contribution in [3.05, 3.63) is 23.8 Å². The molecule has 1 unspecified atom stereocenters. The second-order valence-corrected chi connectivity index (χ2v) is 13.6. The van der Waals surface area contributed by atoms with Gasteiger partial charge in [-0.05, 0) is 73.8 Å². The lowest BCUT2D eigenvalue weighted by atomic mass is 9.48. The third-order valence-corrected chi connectivity index (χ3v) is 11.2. The van der Waals surface area contributed by atoms with Crippen LogP contribution in [0.5, 0.6) is 0 Å². The molecule has 1 N–H and O–H groups in total. The molecule has 0 aromatic rings. The van der Waals surface area contributed by atoms with E-state index in [1.165, 1.54) is 37.7 Å². The maximum absolute atomic E-state index is 12.2. The summed E-state index contributed by atoms with van der Waals surface area (Å²) < 4.78 is 60.0. The molecule has 4 aliphatic carbocycles. The molecular formula is C23H32O9S2. The minimum atomic E-state index is -5.45.